The Morgan fingerprint density at radius 3 is 2.50 bits per heavy atom. The number of nitrogens with two attached hydrogens (primary N) is 1. The predicted octanol–water partition coefficient (Wildman–Crippen LogP) is 1.35. The molecule has 20 heavy (non-hydrogen) atoms. The second kappa shape index (κ2) is 7.96. The van der Waals surface area contributed by atoms with Crippen molar-refractivity contribution in [3.05, 3.63) is 0 Å². The van der Waals surface area contributed by atoms with E-state index in [1.165, 1.54) is 25.7 Å². The lowest BCUT2D eigenvalue weighted by atomic mass is 9.93. The van der Waals surface area contributed by atoms with Crippen LogP contribution in [0.4, 0.5) is 0 Å². The number of hydrogen-bond acceptors (Lipinski definition) is 4. The van der Waals surface area contributed by atoms with Crippen molar-refractivity contribution < 1.29 is 14.3 Å². The van der Waals surface area contributed by atoms with Crippen LogP contribution in [0.1, 0.15) is 51.4 Å². The molecule has 0 radical (unpaired) electrons. The average Bonchev–Trinajstić information content (AvgIpc) is 2.65. The zero-order chi connectivity index (χ0) is 14.3. The van der Waals surface area contributed by atoms with Gasteiger partial charge in [0.05, 0.1) is 6.61 Å². The van der Waals surface area contributed by atoms with Crippen molar-refractivity contribution in [2.24, 2.45) is 5.73 Å². The van der Waals surface area contributed by atoms with E-state index >= 15 is 0 Å². The van der Waals surface area contributed by atoms with E-state index in [1.807, 2.05) is 0 Å². The molecule has 1 saturated heterocycles. The maximum Gasteiger partial charge on any atom is 0.246 e. The van der Waals surface area contributed by atoms with Gasteiger partial charge in [-0.1, -0.05) is 25.7 Å². The summed E-state index contributed by atoms with van der Waals surface area (Å²) in [5.74, 6) is -0.0332. The Kier molecular flexibility index (Phi) is 6.26. The summed E-state index contributed by atoms with van der Waals surface area (Å²) < 4.78 is 10.8. The molecule has 3 N–H and O–H groups in total. The van der Waals surface area contributed by atoms with Gasteiger partial charge >= 0.3 is 0 Å². The number of ether oxygens (including phenoxy) is 2. The van der Waals surface area contributed by atoms with Gasteiger partial charge in [-0.15, -0.1) is 0 Å². The quantitative estimate of drug-likeness (QED) is 0.747. The van der Waals surface area contributed by atoms with E-state index in [2.05, 4.69) is 5.32 Å². The van der Waals surface area contributed by atoms with E-state index in [4.69, 9.17) is 15.2 Å². The number of nitrogens with one attached hydrogen (secondary N) is 1. The summed E-state index contributed by atoms with van der Waals surface area (Å²) in [5.41, 5.74) is 6.13. The molecule has 0 bridgehead atoms. The fourth-order valence-electron chi connectivity index (χ4n) is 3.04. The van der Waals surface area contributed by atoms with E-state index < -0.39 is 0 Å². The molecule has 2 fully saturated rings. The first-order chi connectivity index (χ1) is 9.68. The summed E-state index contributed by atoms with van der Waals surface area (Å²) in [4.78, 5) is 11.8. The minimum Gasteiger partial charge on any atom is -0.381 e. The zero-order valence-corrected chi connectivity index (χ0v) is 12.4. The summed E-state index contributed by atoms with van der Waals surface area (Å²) >= 11 is 0. The van der Waals surface area contributed by atoms with Crippen molar-refractivity contribution >= 4 is 5.91 Å². The molecule has 0 aromatic rings. The van der Waals surface area contributed by atoms with E-state index in [1.54, 1.807) is 0 Å². The van der Waals surface area contributed by atoms with Gasteiger partial charge in [-0.2, -0.15) is 0 Å². The third-order valence-electron chi connectivity index (χ3n) is 4.31. The Morgan fingerprint density at radius 1 is 1.20 bits per heavy atom. The van der Waals surface area contributed by atoms with Crippen LogP contribution in [0.5, 0.6) is 0 Å². The summed E-state index contributed by atoms with van der Waals surface area (Å²) in [6.07, 6.45) is 8.69. The summed E-state index contributed by atoms with van der Waals surface area (Å²) in [6, 6.07) is 0.240. The van der Waals surface area contributed by atoms with Gasteiger partial charge in [0.2, 0.25) is 5.91 Å². The molecule has 1 amide bonds. The summed E-state index contributed by atoms with van der Waals surface area (Å²) in [7, 11) is 0. The molecule has 1 heterocycles. The highest BCUT2D eigenvalue weighted by Crippen LogP contribution is 2.25. The smallest absolute Gasteiger partial charge is 0.246 e. The normalized spacial score (nSPS) is 24.1. The Bertz CT molecular complexity index is 295. The van der Waals surface area contributed by atoms with Gasteiger partial charge in [-0.25, -0.2) is 0 Å². The maximum atomic E-state index is 11.8. The monoisotopic (exact) mass is 284 g/mol. The molecule has 5 heteroatoms. The van der Waals surface area contributed by atoms with Crippen LogP contribution < -0.4 is 11.1 Å². The molecule has 0 atom stereocenters. The molecule has 0 unspecified atom stereocenters. The first-order valence-electron chi connectivity index (χ1n) is 7.92. The van der Waals surface area contributed by atoms with Crippen LogP contribution in [0.15, 0.2) is 0 Å². The van der Waals surface area contributed by atoms with E-state index in [9.17, 15) is 4.79 Å². The number of carbonyl (C=O) groups excluding carboxylic acids is 1. The molecule has 2 rings (SSSR count). The molecular formula is C15H28N2O3. The lowest BCUT2D eigenvalue weighted by Crippen LogP contribution is -2.46. The SMILES string of the molecule is NC1(COCC(=O)NC2CCOCC2)CCCCCC1. The minimum atomic E-state index is -0.227. The van der Waals surface area contributed by atoms with Crippen LogP contribution in [0.25, 0.3) is 0 Å². The number of hydrogen-bond donors (Lipinski definition) is 2. The molecular weight excluding hydrogens is 256 g/mol. The molecule has 1 saturated carbocycles. The third kappa shape index (κ3) is 5.38. The average molecular weight is 284 g/mol. The van der Waals surface area contributed by atoms with Crippen molar-refractivity contribution in [3.8, 4) is 0 Å². The molecule has 116 valence electrons. The van der Waals surface area contributed by atoms with Crippen LogP contribution in [-0.2, 0) is 14.3 Å². The Hall–Kier alpha value is -0.650. The first-order valence-corrected chi connectivity index (χ1v) is 7.92. The molecule has 5 nitrogen and oxygen atoms in total. The third-order valence-corrected chi connectivity index (χ3v) is 4.31. The van der Waals surface area contributed by atoms with Gasteiger partial charge in [0.15, 0.2) is 0 Å². The van der Waals surface area contributed by atoms with Crippen molar-refractivity contribution in [3.63, 3.8) is 0 Å². The zero-order valence-electron chi connectivity index (χ0n) is 12.4. The van der Waals surface area contributed by atoms with E-state index in [0.29, 0.717) is 6.61 Å². The lowest BCUT2D eigenvalue weighted by molar-refractivity contribution is -0.127. The Labute approximate surface area is 121 Å². The van der Waals surface area contributed by atoms with Crippen molar-refractivity contribution in [2.45, 2.75) is 62.9 Å². The second-order valence-corrected chi connectivity index (χ2v) is 6.22. The molecule has 0 spiro atoms. The van der Waals surface area contributed by atoms with Gasteiger partial charge in [-0.05, 0) is 25.7 Å². The highest BCUT2D eigenvalue weighted by molar-refractivity contribution is 5.77. The Balaban J connectivity index is 1.62. The van der Waals surface area contributed by atoms with Gasteiger partial charge in [0, 0.05) is 24.8 Å². The summed E-state index contributed by atoms with van der Waals surface area (Å²) in [5, 5.41) is 3.00. The van der Waals surface area contributed by atoms with Crippen molar-refractivity contribution in [2.75, 3.05) is 26.4 Å². The van der Waals surface area contributed by atoms with Crippen LogP contribution >= 0.6 is 0 Å². The predicted molar refractivity (Wildman–Crippen MR) is 77.4 cm³/mol. The number of carbonyl (C=O) groups is 1. The first kappa shape index (κ1) is 15.7. The standard InChI is InChI=1S/C15H28N2O3/c16-15(7-3-1-2-4-8-15)12-20-11-14(18)17-13-5-9-19-10-6-13/h13H,1-12,16H2,(H,17,18). The van der Waals surface area contributed by atoms with Crippen LogP contribution in [-0.4, -0.2) is 43.9 Å². The molecule has 1 aliphatic carbocycles. The fraction of sp³-hybridized carbons (Fsp3) is 0.933. The van der Waals surface area contributed by atoms with E-state index in [-0.39, 0.29) is 24.1 Å². The Morgan fingerprint density at radius 2 is 1.85 bits per heavy atom. The fourth-order valence-corrected chi connectivity index (χ4v) is 3.04. The molecule has 1 aliphatic heterocycles. The lowest BCUT2D eigenvalue weighted by Gasteiger charge is -2.28. The van der Waals surface area contributed by atoms with Gasteiger partial charge in [0.1, 0.15) is 6.61 Å². The van der Waals surface area contributed by atoms with Crippen LogP contribution in [0.2, 0.25) is 0 Å². The highest BCUT2D eigenvalue weighted by Gasteiger charge is 2.26. The largest absolute Gasteiger partial charge is 0.381 e. The van der Waals surface area contributed by atoms with Gasteiger partial charge in [-0.3, -0.25) is 4.79 Å². The maximum absolute atomic E-state index is 11.8. The van der Waals surface area contributed by atoms with Crippen molar-refractivity contribution in [1.82, 2.24) is 5.32 Å². The minimum absolute atomic E-state index is 0.0332. The highest BCUT2D eigenvalue weighted by atomic mass is 16.5. The summed E-state index contributed by atoms with van der Waals surface area (Å²) in [6.45, 7) is 2.08. The molecule has 2 aliphatic rings. The molecule has 0 aromatic heterocycles. The topological polar surface area (TPSA) is 73.6 Å². The van der Waals surface area contributed by atoms with Crippen molar-refractivity contribution in [1.29, 1.82) is 0 Å². The van der Waals surface area contributed by atoms with Crippen LogP contribution in [0.3, 0.4) is 0 Å². The second-order valence-electron chi connectivity index (χ2n) is 6.22. The van der Waals surface area contributed by atoms with Gasteiger partial charge < -0.3 is 20.5 Å². The van der Waals surface area contributed by atoms with Gasteiger partial charge in [0.25, 0.3) is 0 Å². The van der Waals surface area contributed by atoms with Crippen LogP contribution in [0, 0.1) is 0 Å². The number of amides is 1. The molecule has 0 aromatic carbocycles. The van der Waals surface area contributed by atoms with E-state index in [0.717, 1.165) is 38.9 Å². The number of rotatable bonds is 5.